The molecule has 0 aliphatic carbocycles. The minimum atomic E-state index is -5.94. The standard InChI is InChI=1S/C21H21Cl2F6NO2/c1-3-4-9-30(12-13-10-16(22)18(32-2)17(23)11-13)15-7-5-14(6-8-15)19(31,20(24,25)26)21(27,28)29/h5-8,10-11,31H,3-4,9,12H2,1-2H3. The Kier molecular flexibility index (Phi) is 8.23. The molecular formula is C21H21Cl2F6NO2. The number of alkyl halides is 6. The second-order valence-corrected chi connectivity index (χ2v) is 7.94. The molecule has 0 spiro atoms. The third kappa shape index (κ3) is 5.38. The highest BCUT2D eigenvalue weighted by Gasteiger charge is 2.71. The summed E-state index contributed by atoms with van der Waals surface area (Å²) in [6.07, 6.45) is -10.4. The maximum atomic E-state index is 13.1. The number of unbranched alkanes of at least 4 members (excludes halogenated alkanes) is 1. The Morgan fingerprint density at radius 2 is 1.44 bits per heavy atom. The molecule has 0 radical (unpaired) electrons. The molecule has 3 nitrogen and oxygen atoms in total. The third-order valence-corrected chi connectivity index (χ3v) is 5.45. The first-order chi connectivity index (χ1) is 14.8. The van der Waals surface area contributed by atoms with Crippen molar-refractivity contribution in [1.82, 2.24) is 0 Å². The third-order valence-electron chi connectivity index (χ3n) is 4.89. The van der Waals surface area contributed by atoms with Crippen molar-refractivity contribution in [2.45, 2.75) is 44.3 Å². The summed E-state index contributed by atoms with van der Waals surface area (Å²) in [7, 11) is 1.41. The summed E-state index contributed by atoms with van der Waals surface area (Å²) >= 11 is 12.3. The number of methoxy groups -OCH3 is 1. The summed E-state index contributed by atoms with van der Waals surface area (Å²) in [5.41, 5.74) is -5.24. The Labute approximate surface area is 191 Å². The summed E-state index contributed by atoms with van der Waals surface area (Å²) in [6, 6.07) is 6.71. The molecule has 0 amide bonds. The number of hydrogen-bond donors (Lipinski definition) is 1. The van der Waals surface area contributed by atoms with Crippen molar-refractivity contribution in [3.8, 4) is 5.75 Å². The maximum absolute atomic E-state index is 13.1. The van der Waals surface area contributed by atoms with Crippen LogP contribution in [0.4, 0.5) is 32.0 Å². The molecule has 0 atom stereocenters. The van der Waals surface area contributed by atoms with Crippen LogP contribution in [0.15, 0.2) is 36.4 Å². The molecule has 178 valence electrons. The minimum Gasteiger partial charge on any atom is -0.494 e. The van der Waals surface area contributed by atoms with Crippen molar-refractivity contribution in [2.75, 3.05) is 18.6 Å². The van der Waals surface area contributed by atoms with E-state index in [2.05, 4.69) is 0 Å². The van der Waals surface area contributed by atoms with Crippen molar-refractivity contribution in [2.24, 2.45) is 0 Å². The van der Waals surface area contributed by atoms with Gasteiger partial charge in [-0.2, -0.15) is 26.3 Å². The highest BCUT2D eigenvalue weighted by Crippen LogP contribution is 2.50. The summed E-state index contributed by atoms with van der Waals surface area (Å²) in [6.45, 7) is 2.65. The molecule has 1 N–H and O–H groups in total. The van der Waals surface area contributed by atoms with Gasteiger partial charge in [0.1, 0.15) is 0 Å². The van der Waals surface area contributed by atoms with Gasteiger partial charge in [-0.3, -0.25) is 0 Å². The lowest BCUT2D eigenvalue weighted by Gasteiger charge is -2.33. The molecule has 32 heavy (non-hydrogen) atoms. The van der Waals surface area contributed by atoms with Crippen molar-refractivity contribution >= 4 is 28.9 Å². The van der Waals surface area contributed by atoms with E-state index in [1.165, 1.54) is 7.11 Å². The molecular weight excluding hydrogens is 483 g/mol. The fourth-order valence-corrected chi connectivity index (χ4v) is 3.86. The van der Waals surface area contributed by atoms with Gasteiger partial charge in [-0.1, -0.05) is 48.7 Å². The quantitative estimate of drug-likeness (QED) is 0.389. The van der Waals surface area contributed by atoms with Gasteiger partial charge in [0.2, 0.25) is 0 Å². The molecule has 11 heteroatoms. The van der Waals surface area contributed by atoms with E-state index in [0.717, 1.165) is 18.6 Å². The van der Waals surface area contributed by atoms with Gasteiger partial charge in [0, 0.05) is 24.3 Å². The molecule has 0 aliphatic heterocycles. The molecule has 0 bridgehead atoms. The summed E-state index contributed by atoms with van der Waals surface area (Å²) in [4.78, 5) is 1.77. The van der Waals surface area contributed by atoms with Crippen molar-refractivity contribution < 1.29 is 36.2 Å². The van der Waals surface area contributed by atoms with Crippen molar-refractivity contribution in [3.05, 3.63) is 57.6 Å². The Balaban J connectivity index is 2.41. The Morgan fingerprint density at radius 1 is 0.938 bits per heavy atom. The van der Waals surface area contributed by atoms with Gasteiger partial charge in [0.15, 0.2) is 5.75 Å². The number of anilines is 1. The molecule has 0 fully saturated rings. The molecule has 2 rings (SSSR count). The van der Waals surface area contributed by atoms with Gasteiger partial charge in [-0.15, -0.1) is 0 Å². The van der Waals surface area contributed by atoms with Crippen LogP contribution in [0.2, 0.25) is 10.0 Å². The monoisotopic (exact) mass is 503 g/mol. The number of halogens is 8. The summed E-state index contributed by atoms with van der Waals surface area (Å²) in [5, 5.41) is 10.1. The Morgan fingerprint density at radius 3 is 1.84 bits per heavy atom. The van der Waals surface area contributed by atoms with Gasteiger partial charge in [-0.05, 0) is 36.2 Å². The van der Waals surface area contributed by atoms with Crippen molar-refractivity contribution in [3.63, 3.8) is 0 Å². The van der Waals surface area contributed by atoms with Crippen LogP contribution in [-0.4, -0.2) is 31.1 Å². The zero-order valence-corrected chi connectivity index (χ0v) is 18.6. The predicted octanol–water partition coefficient (Wildman–Crippen LogP) is 7.12. The largest absolute Gasteiger partial charge is 0.494 e. The second-order valence-electron chi connectivity index (χ2n) is 7.12. The average molecular weight is 504 g/mol. The number of hydrogen-bond acceptors (Lipinski definition) is 3. The van der Waals surface area contributed by atoms with Gasteiger partial charge in [-0.25, -0.2) is 0 Å². The SMILES string of the molecule is CCCCN(Cc1cc(Cl)c(OC)c(Cl)c1)c1ccc(C(O)(C(F)(F)F)C(F)(F)F)cc1. The smallest absolute Gasteiger partial charge is 0.430 e. The first-order valence-corrected chi connectivity index (χ1v) is 10.2. The van der Waals surface area contributed by atoms with Gasteiger partial charge in [0.05, 0.1) is 17.2 Å². The van der Waals surface area contributed by atoms with E-state index in [9.17, 15) is 31.4 Å². The van der Waals surface area contributed by atoms with Crippen LogP contribution in [0, 0.1) is 0 Å². The maximum Gasteiger partial charge on any atom is 0.430 e. The van der Waals surface area contributed by atoms with E-state index in [1.54, 1.807) is 17.0 Å². The highest BCUT2D eigenvalue weighted by atomic mass is 35.5. The van der Waals surface area contributed by atoms with Crippen LogP contribution in [0.3, 0.4) is 0 Å². The van der Waals surface area contributed by atoms with Crippen LogP contribution in [0.25, 0.3) is 0 Å². The Hall–Kier alpha value is -1.84. The van der Waals surface area contributed by atoms with E-state index in [0.29, 0.717) is 42.1 Å². The van der Waals surface area contributed by atoms with Crippen LogP contribution in [0.1, 0.15) is 30.9 Å². The van der Waals surface area contributed by atoms with E-state index >= 15 is 0 Å². The molecule has 2 aromatic carbocycles. The van der Waals surface area contributed by atoms with E-state index in [1.807, 2.05) is 6.92 Å². The number of aliphatic hydroxyl groups is 1. The lowest BCUT2D eigenvalue weighted by Crippen LogP contribution is -2.53. The Bertz CT molecular complexity index is 879. The molecule has 0 saturated carbocycles. The number of ether oxygens (including phenoxy) is 1. The van der Waals surface area contributed by atoms with Crippen molar-refractivity contribution in [1.29, 1.82) is 0 Å². The number of benzene rings is 2. The van der Waals surface area contributed by atoms with E-state index in [-0.39, 0.29) is 16.6 Å². The van der Waals surface area contributed by atoms with Crippen LogP contribution in [0.5, 0.6) is 5.75 Å². The minimum absolute atomic E-state index is 0.242. The first kappa shape index (κ1) is 26.4. The summed E-state index contributed by atoms with van der Waals surface area (Å²) < 4.78 is 83.8. The molecule has 0 unspecified atom stereocenters. The van der Waals surface area contributed by atoms with Gasteiger partial charge in [0.25, 0.3) is 5.60 Å². The van der Waals surface area contributed by atoms with Crippen LogP contribution < -0.4 is 9.64 Å². The number of rotatable bonds is 8. The predicted molar refractivity (Wildman–Crippen MR) is 111 cm³/mol. The van der Waals surface area contributed by atoms with Crippen LogP contribution >= 0.6 is 23.2 Å². The van der Waals surface area contributed by atoms with Gasteiger partial charge < -0.3 is 14.7 Å². The topological polar surface area (TPSA) is 32.7 Å². The van der Waals surface area contributed by atoms with Gasteiger partial charge >= 0.3 is 12.4 Å². The lowest BCUT2D eigenvalue weighted by atomic mass is 9.92. The van der Waals surface area contributed by atoms with E-state index in [4.69, 9.17) is 27.9 Å². The second kappa shape index (κ2) is 9.97. The number of nitrogens with zero attached hydrogens (tertiary/aromatic N) is 1. The zero-order chi connectivity index (χ0) is 24.3. The molecule has 0 saturated heterocycles. The molecule has 0 aromatic heterocycles. The van der Waals surface area contributed by atoms with E-state index < -0.39 is 23.5 Å². The lowest BCUT2D eigenvalue weighted by molar-refractivity contribution is -0.376. The summed E-state index contributed by atoms with van der Waals surface area (Å²) in [5.74, 6) is 0.292. The molecule has 0 aliphatic rings. The fraction of sp³-hybridized carbons (Fsp3) is 0.429. The normalized spacial score (nSPS) is 12.7. The zero-order valence-electron chi connectivity index (χ0n) is 17.1. The molecule has 0 heterocycles. The van der Waals surface area contributed by atoms with Crippen LogP contribution in [-0.2, 0) is 12.1 Å². The molecule has 2 aromatic rings. The fourth-order valence-electron chi connectivity index (χ4n) is 3.17. The first-order valence-electron chi connectivity index (χ1n) is 9.49. The average Bonchev–Trinajstić information content (AvgIpc) is 2.68. The highest BCUT2D eigenvalue weighted by molar-refractivity contribution is 6.37.